The Hall–Kier alpha value is -2.97. The van der Waals surface area contributed by atoms with Crippen LogP contribution in [-0.2, 0) is 21.2 Å². The molecule has 0 unspecified atom stereocenters. The van der Waals surface area contributed by atoms with Crippen molar-refractivity contribution in [1.29, 1.82) is 0 Å². The van der Waals surface area contributed by atoms with Crippen molar-refractivity contribution < 1.29 is 17.9 Å². The number of ether oxygens (including phenoxy) is 1. The molecule has 4 rings (SSSR count). The minimum atomic E-state index is -3.72. The molecule has 31 heavy (non-hydrogen) atoms. The molecule has 1 amide bonds. The Morgan fingerprint density at radius 2 is 1.90 bits per heavy atom. The molecule has 1 aromatic carbocycles. The number of hydrogen-bond donors (Lipinski definition) is 1. The monoisotopic (exact) mass is 439 g/mol. The maximum absolute atomic E-state index is 12.1. The molecule has 0 radical (unpaired) electrons. The minimum Gasteiger partial charge on any atom is -0.447 e. The summed E-state index contributed by atoms with van der Waals surface area (Å²) in [5, 5.41) is 5.19. The summed E-state index contributed by atoms with van der Waals surface area (Å²) in [6.07, 6.45) is 7.18. The van der Waals surface area contributed by atoms with Crippen LogP contribution >= 0.6 is 0 Å². The van der Waals surface area contributed by atoms with Crippen molar-refractivity contribution in [2.45, 2.75) is 37.7 Å². The fourth-order valence-electron chi connectivity index (χ4n) is 3.85. The van der Waals surface area contributed by atoms with Crippen LogP contribution in [0, 0.1) is 0 Å². The van der Waals surface area contributed by atoms with Gasteiger partial charge in [0.2, 0.25) is 10.0 Å². The molecule has 2 N–H and O–H groups in total. The first-order valence-corrected chi connectivity index (χ1v) is 11.7. The lowest BCUT2D eigenvalue weighted by Crippen LogP contribution is -2.36. The molecular weight excluding hydrogens is 414 g/mol. The van der Waals surface area contributed by atoms with Crippen LogP contribution in [0.25, 0.3) is 16.7 Å². The average Bonchev–Trinajstić information content (AvgIpc) is 3.16. The number of rotatable bonds is 4. The van der Waals surface area contributed by atoms with Gasteiger partial charge in [0.1, 0.15) is 0 Å². The number of amides is 1. The van der Waals surface area contributed by atoms with Crippen molar-refractivity contribution in [3.8, 4) is 11.1 Å². The number of nitrogens with two attached hydrogens (primary N) is 1. The lowest BCUT2D eigenvalue weighted by Gasteiger charge is -2.27. The van der Waals surface area contributed by atoms with Gasteiger partial charge in [0.15, 0.2) is 0 Å². The number of primary sulfonamides is 1. The molecule has 8 heteroatoms. The van der Waals surface area contributed by atoms with E-state index in [2.05, 4.69) is 23.2 Å². The Labute approximate surface area is 182 Å². The third-order valence-electron chi connectivity index (χ3n) is 5.43. The van der Waals surface area contributed by atoms with Crippen molar-refractivity contribution in [2.75, 3.05) is 13.1 Å². The first kappa shape index (κ1) is 21.3. The van der Waals surface area contributed by atoms with Crippen LogP contribution in [0.3, 0.4) is 0 Å². The van der Waals surface area contributed by atoms with E-state index in [4.69, 9.17) is 9.88 Å². The highest BCUT2D eigenvalue weighted by Gasteiger charge is 2.24. The van der Waals surface area contributed by atoms with Gasteiger partial charge >= 0.3 is 6.09 Å². The van der Waals surface area contributed by atoms with E-state index in [1.165, 1.54) is 17.7 Å². The molecule has 2 heterocycles. The van der Waals surface area contributed by atoms with Gasteiger partial charge in [-0.25, -0.2) is 18.4 Å². The maximum Gasteiger partial charge on any atom is 0.410 e. The zero-order valence-corrected chi connectivity index (χ0v) is 18.4. The van der Waals surface area contributed by atoms with Crippen LogP contribution in [-0.4, -0.2) is 43.6 Å². The van der Waals surface area contributed by atoms with Crippen LogP contribution in [0.2, 0.25) is 0 Å². The van der Waals surface area contributed by atoms with Crippen molar-refractivity contribution >= 4 is 21.7 Å². The number of benzene rings is 1. The summed E-state index contributed by atoms with van der Waals surface area (Å²) < 4.78 is 28.3. The average molecular weight is 440 g/mol. The smallest absolute Gasteiger partial charge is 0.410 e. The van der Waals surface area contributed by atoms with Gasteiger partial charge in [-0.2, -0.15) is 0 Å². The highest BCUT2D eigenvalue weighted by Crippen LogP contribution is 2.36. The third kappa shape index (κ3) is 4.55. The lowest BCUT2D eigenvalue weighted by atomic mass is 9.94. The Bertz CT molecular complexity index is 1180. The topological polar surface area (TPSA) is 103 Å². The number of sulfonamides is 1. The van der Waals surface area contributed by atoms with E-state index in [1.54, 1.807) is 23.2 Å². The van der Waals surface area contributed by atoms with E-state index in [9.17, 15) is 13.2 Å². The summed E-state index contributed by atoms with van der Waals surface area (Å²) in [7, 11) is -3.72. The Balaban J connectivity index is 1.55. The van der Waals surface area contributed by atoms with Gasteiger partial charge in [-0.1, -0.05) is 24.3 Å². The lowest BCUT2D eigenvalue weighted by molar-refractivity contribution is 0.0793. The number of fused-ring (bicyclic) bond motifs is 1. The molecular formula is C23H25N3O4S. The number of hydrogen-bond acceptors (Lipinski definition) is 5. The summed E-state index contributed by atoms with van der Waals surface area (Å²) in [5.74, 6) is 0. The highest BCUT2D eigenvalue weighted by atomic mass is 32.2. The van der Waals surface area contributed by atoms with Gasteiger partial charge in [-0.15, -0.1) is 0 Å². The molecule has 1 aliphatic carbocycles. The van der Waals surface area contributed by atoms with E-state index in [1.807, 2.05) is 13.8 Å². The molecule has 2 aromatic rings. The second-order valence-electron chi connectivity index (χ2n) is 7.97. The third-order valence-corrected chi connectivity index (χ3v) is 6.36. The molecule has 162 valence electrons. The number of allylic oxidation sites excluding steroid dienone is 2. The summed E-state index contributed by atoms with van der Waals surface area (Å²) in [5.41, 5.74) is 6.23. The molecule has 0 fully saturated rings. The molecule has 1 aliphatic heterocycles. The molecule has 0 atom stereocenters. The number of pyridine rings is 1. The van der Waals surface area contributed by atoms with Crippen LogP contribution < -0.4 is 5.14 Å². The van der Waals surface area contributed by atoms with Gasteiger partial charge in [0.25, 0.3) is 0 Å². The molecule has 0 bridgehead atoms. The van der Waals surface area contributed by atoms with Crippen molar-refractivity contribution in [1.82, 2.24) is 9.88 Å². The zero-order chi connectivity index (χ0) is 22.2. The van der Waals surface area contributed by atoms with E-state index in [0.29, 0.717) is 13.1 Å². The first-order chi connectivity index (χ1) is 14.7. The molecule has 0 saturated carbocycles. The second-order valence-corrected chi connectivity index (χ2v) is 9.53. The van der Waals surface area contributed by atoms with Crippen molar-refractivity contribution in [3.63, 3.8) is 0 Å². The van der Waals surface area contributed by atoms with Gasteiger partial charge in [0, 0.05) is 36.8 Å². The standard InChI is InChI=1S/C23H25N3O4S/c1-15(2)30-23(27)26-11-9-17(10-12-26)20-7-8-22-21(20)13-18(14-25-22)16-3-5-19(6-4-16)31(24,28)29/h3-7,9,13-15H,8,10-12H2,1-2H3,(H2,24,28,29). The predicted molar refractivity (Wildman–Crippen MR) is 119 cm³/mol. The van der Waals surface area contributed by atoms with Crippen LogP contribution in [0.15, 0.2) is 59.1 Å². The fraction of sp³-hybridized carbons (Fsp3) is 0.304. The van der Waals surface area contributed by atoms with Crippen molar-refractivity contribution in [2.24, 2.45) is 5.14 Å². The van der Waals surface area contributed by atoms with Crippen LogP contribution in [0.1, 0.15) is 31.5 Å². The zero-order valence-electron chi connectivity index (χ0n) is 17.5. The summed E-state index contributed by atoms with van der Waals surface area (Å²) >= 11 is 0. The van der Waals surface area contributed by atoms with Crippen LogP contribution in [0.5, 0.6) is 0 Å². The predicted octanol–water partition coefficient (Wildman–Crippen LogP) is 3.51. The van der Waals surface area contributed by atoms with E-state index in [0.717, 1.165) is 40.8 Å². The van der Waals surface area contributed by atoms with Gasteiger partial charge in [0.05, 0.1) is 16.7 Å². The Morgan fingerprint density at radius 3 is 2.52 bits per heavy atom. The molecule has 0 spiro atoms. The molecule has 1 aromatic heterocycles. The van der Waals surface area contributed by atoms with E-state index < -0.39 is 10.0 Å². The fourth-order valence-corrected chi connectivity index (χ4v) is 4.37. The van der Waals surface area contributed by atoms with Gasteiger partial charge < -0.3 is 9.64 Å². The summed E-state index contributed by atoms with van der Waals surface area (Å²) in [6, 6.07) is 8.57. The minimum absolute atomic E-state index is 0.0823. The van der Waals surface area contributed by atoms with Gasteiger partial charge in [-0.05, 0) is 55.2 Å². The quantitative estimate of drug-likeness (QED) is 0.785. The second kappa shape index (κ2) is 8.28. The highest BCUT2D eigenvalue weighted by molar-refractivity contribution is 7.89. The van der Waals surface area contributed by atoms with E-state index in [-0.39, 0.29) is 17.1 Å². The van der Waals surface area contributed by atoms with E-state index >= 15 is 0 Å². The number of nitrogens with zero attached hydrogens (tertiary/aromatic N) is 2. The SMILES string of the molecule is CC(C)OC(=O)N1CC=C(C2=CCc3ncc(-c4ccc(S(N)(=O)=O)cc4)cc32)CC1. The Morgan fingerprint density at radius 1 is 1.16 bits per heavy atom. The molecule has 0 saturated heterocycles. The Kier molecular flexibility index (Phi) is 5.68. The van der Waals surface area contributed by atoms with Crippen LogP contribution in [0.4, 0.5) is 4.79 Å². The largest absolute Gasteiger partial charge is 0.447 e. The normalized spacial score (nSPS) is 16.1. The van der Waals surface area contributed by atoms with Crippen molar-refractivity contribution in [3.05, 3.63) is 65.5 Å². The summed E-state index contributed by atoms with van der Waals surface area (Å²) in [6.45, 7) is 4.83. The molecule has 7 nitrogen and oxygen atoms in total. The maximum atomic E-state index is 12.1. The summed E-state index contributed by atoms with van der Waals surface area (Å²) in [4.78, 5) is 18.5. The molecule has 2 aliphatic rings. The number of carbonyl (C=O) groups excluding carboxylic acids is 1. The van der Waals surface area contributed by atoms with Gasteiger partial charge in [-0.3, -0.25) is 4.98 Å². The first-order valence-electron chi connectivity index (χ1n) is 10.2. The number of aromatic nitrogens is 1. The number of carbonyl (C=O) groups is 1.